The number of nitrogens with two attached hydrogens (primary N) is 1. The summed E-state index contributed by atoms with van der Waals surface area (Å²) in [6.45, 7) is 2.02. The number of hydrogen-bond donors (Lipinski definition) is 1. The van der Waals surface area contributed by atoms with Gasteiger partial charge in [0.2, 0.25) is 0 Å². The van der Waals surface area contributed by atoms with Gasteiger partial charge in [0, 0.05) is 6.04 Å². The summed E-state index contributed by atoms with van der Waals surface area (Å²) < 4.78 is 40.4. The molecule has 0 fully saturated rings. The Bertz CT molecular complexity index is 364. The van der Waals surface area contributed by atoms with Gasteiger partial charge in [0.25, 0.3) is 0 Å². The Kier molecular flexibility index (Phi) is 3.74. The van der Waals surface area contributed by atoms with E-state index >= 15 is 0 Å². The first kappa shape index (κ1) is 12.8. The van der Waals surface area contributed by atoms with Crippen LogP contribution in [0.3, 0.4) is 0 Å². The number of pyridine rings is 1. The minimum absolute atomic E-state index is 0.127. The third kappa shape index (κ3) is 3.69. The minimum Gasteiger partial charge on any atom is -0.482 e. The molecule has 1 aromatic rings. The van der Waals surface area contributed by atoms with E-state index in [1.165, 1.54) is 6.07 Å². The van der Waals surface area contributed by atoms with Gasteiger partial charge in [0.15, 0.2) is 6.61 Å². The molecule has 0 aliphatic rings. The van der Waals surface area contributed by atoms with Crippen LogP contribution in [0.25, 0.3) is 0 Å². The van der Waals surface area contributed by atoms with Crippen LogP contribution in [0, 0.1) is 6.92 Å². The molecule has 0 radical (unpaired) electrons. The molecule has 0 aliphatic carbocycles. The first-order valence-corrected chi connectivity index (χ1v) is 4.72. The van der Waals surface area contributed by atoms with Crippen LogP contribution in [0.4, 0.5) is 13.2 Å². The Morgan fingerprint density at radius 2 is 2.06 bits per heavy atom. The second-order valence-corrected chi connectivity index (χ2v) is 3.51. The number of nitrogens with zero attached hydrogens (tertiary/aromatic N) is 1. The molecule has 1 rings (SSSR count). The van der Waals surface area contributed by atoms with Crippen molar-refractivity contribution in [2.45, 2.75) is 26.1 Å². The van der Waals surface area contributed by atoms with Crippen molar-refractivity contribution in [1.29, 1.82) is 0 Å². The van der Waals surface area contributed by atoms with Gasteiger partial charge in [-0.05, 0) is 26.0 Å². The molecule has 0 saturated carbocycles. The Morgan fingerprint density at radius 1 is 1.44 bits per heavy atom. The van der Waals surface area contributed by atoms with Crippen molar-refractivity contribution in [2.75, 3.05) is 6.61 Å². The number of rotatable bonds is 3. The maximum absolute atomic E-state index is 11.9. The maximum atomic E-state index is 11.9. The fraction of sp³-hybridized carbons (Fsp3) is 0.500. The highest BCUT2D eigenvalue weighted by molar-refractivity contribution is 5.29. The Morgan fingerprint density at radius 3 is 2.50 bits per heavy atom. The molecule has 0 aliphatic heterocycles. The first-order chi connectivity index (χ1) is 7.29. The van der Waals surface area contributed by atoms with E-state index in [9.17, 15) is 13.2 Å². The molecule has 1 heterocycles. The molecule has 1 aromatic heterocycles. The van der Waals surface area contributed by atoms with E-state index in [2.05, 4.69) is 9.72 Å². The fourth-order valence-corrected chi connectivity index (χ4v) is 1.13. The quantitative estimate of drug-likeness (QED) is 0.873. The lowest BCUT2D eigenvalue weighted by Crippen LogP contribution is -2.20. The Labute approximate surface area is 91.4 Å². The number of aryl methyl sites for hydroxylation is 1. The molecule has 1 unspecified atom stereocenters. The molecule has 16 heavy (non-hydrogen) atoms. The Hall–Kier alpha value is -1.30. The van der Waals surface area contributed by atoms with E-state index in [0.717, 1.165) is 0 Å². The molecule has 0 amide bonds. The van der Waals surface area contributed by atoms with Gasteiger partial charge >= 0.3 is 6.18 Å². The molecule has 0 aromatic carbocycles. The second kappa shape index (κ2) is 4.69. The van der Waals surface area contributed by atoms with Gasteiger partial charge < -0.3 is 10.5 Å². The number of alkyl halides is 3. The van der Waals surface area contributed by atoms with Gasteiger partial charge in [-0.2, -0.15) is 13.2 Å². The van der Waals surface area contributed by atoms with E-state index < -0.39 is 12.8 Å². The average Bonchev–Trinajstić information content (AvgIpc) is 2.14. The summed E-state index contributed by atoms with van der Waals surface area (Å²) >= 11 is 0. The van der Waals surface area contributed by atoms with Gasteiger partial charge in [-0.3, -0.25) is 4.98 Å². The summed E-state index contributed by atoms with van der Waals surface area (Å²) in [6.07, 6.45) is -4.34. The zero-order valence-corrected chi connectivity index (χ0v) is 9.01. The third-order valence-electron chi connectivity index (χ3n) is 1.92. The van der Waals surface area contributed by atoms with Crippen LogP contribution in [0.1, 0.15) is 24.4 Å². The average molecular weight is 234 g/mol. The molecule has 0 saturated heterocycles. The summed E-state index contributed by atoms with van der Waals surface area (Å²) in [5.74, 6) is 0.127. The number of ether oxygens (including phenoxy) is 1. The van der Waals surface area contributed by atoms with Crippen LogP contribution in [-0.4, -0.2) is 17.8 Å². The molecule has 90 valence electrons. The molecule has 1 atom stereocenters. The highest BCUT2D eigenvalue weighted by Gasteiger charge is 2.28. The van der Waals surface area contributed by atoms with E-state index in [-0.39, 0.29) is 11.8 Å². The van der Waals surface area contributed by atoms with Crippen LogP contribution in [0.2, 0.25) is 0 Å². The summed E-state index contributed by atoms with van der Waals surface area (Å²) in [6, 6.07) is 2.76. The predicted molar refractivity (Wildman–Crippen MR) is 53.1 cm³/mol. The number of aromatic nitrogens is 1. The SMILES string of the molecule is Cc1nc(C(C)N)ccc1OCC(F)(F)F. The molecule has 2 N–H and O–H groups in total. The molecular formula is C10H13F3N2O. The fourth-order valence-electron chi connectivity index (χ4n) is 1.13. The molecular weight excluding hydrogens is 221 g/mol. The van der Waals surface area contributed by atoms with Crippen molar-refractivity contribution in [2.24, 2.45) is 5.73 Å². The Balaban J connectivity index is 2.76. The van der Waals surface area contributed by atoms with Gasteiger partial charge in [-0.1, -0.05) is 0 Å². The largest absolute Gasteiger partial charge is 0.482 e. The zero-order chi connectivity index (χ0) is 12.3. The molecule has 6 heteroatoms. The summed E-state index contributed by atoms with van der Waals surface area (Å²) in [5, 5.41) is 0. The number of hydrogen-bond acceptors (Lipinski definition) is 3. The lowest BCUT2D eigenvalue weighted by Gasteiger charge is -2.12. The van der Waals surface area contributed by atoms with Gasteiger partial charge in [0.05, 0.1) is 11.4 Å². The van der Waals surface area contributed by atoms with Gasteiger partial charge in [-0.25, -0.2) is 0 Å². The van der Waals surface area contributed by atoms with Crippen molar-refractivity contribution in [1.82, 2.24) is 4.98 Å². The predicted octanol–water partition coefficient (Wildman–Crippen LogP) is 2.35. The van der Waals surface area contributed by atoms with E-state index in [0.29, 0.717) is 11.4 Å². The van der Waals surface area contributed by atoms with Crippen molar-refractivity contribution in [3.05, 3.63) is 23.5 Å². The van der Waals surface area contributed by atoms with Crippen molar-refractivity contribution in [3.63, 3.8) is 0 Å². The second-order valence-electron chi connectivity index (χ2n) is 3.51. The van der Waals surface area contributed by atoms with Gasteiger partial charge in [-0.15, -0.1) is 0 Å². The topological polar surface area (TPSA) is 48.1 Å². The normalized spacial score (nSPS) is 13.6. The highest BCUT2D eigenvalue weighted by atomic mass is 19.4. The van der Waals surface area contributed by atoms with Crippen molar-refractivity contribution in [3.8, 4) is 5.75 Å². The lowest BCUT2D eigenvalue weighted by atomic mass is 10.2. The third-order valence-corrected chi connectivity index (χ3v) is 1.92. The summed E-state index contributed by atoms with van der Waals surface area (Å²) in [7, 11) is 0. The highest BCUT2D eigenvalue weighted by Crippen LogP contribution is 2.21. The lowest BCUT2D eigenvalue weighted by molar-refractivity contribution is -0.153. The van der Waals surface area contributed by atoms with Crippen molar-refractivity contribution >= 4 is 0 Å². The summed E-state index contributed by atoms with van der Waals surface area (Å²) in [4.78, 5) is 4.06. The van der Waals surface area contributed by atoms with Gasteiger partial charge in [0.1, 0.15) is 5.75 Å². The van der Waals surface area contributed by atoms with Crippen LogP contribution in [-0.2, 0) is 0 Å². The van der Waals surface area contributed by atoms with E-state index in [1.54, 1.807) is 19.9 Å². The molecule has 3 nitrogen and oxygen atoms in total. The smallest absolute Gasteiger partial charge is 0.422 e. The molecule has 0 spiro atoms. The minimum atomic E-state index is -4.34. The number of halogens is 3. The zero-order valence-electron chi connectivity index (χ0n) is 9.01. The van der Waals surface area contributed by atoms with Crippen LogP contribution in [0.5, 0.6) is 5.75 Å². The van der Waals surface area contributed by atoms with Crippen LogP contribution < -0.4 is 10.5 Å². The molecule has 0 bridgehead atoms. The van der Waals surface area contributed by atoms with E-state index in [4.69, 9.17) is 5.73 Å². The van der Waals surface area contributed by atoms with Crippen molar-refractivity contribution < 1.29 is 17.9 Å². The first-order valence-electron chi connectivity index (χ1n) is 4.72. The maximum Gasteiger partial charge on any atom is 0.422 e. The summed E-state index contributed by atoms with van der Waals surface area (Å²) in [5.41, 5.74) is 6.62. The standard InChI is InChI=1S/C10H13F3N2O/c1-6(14)8-3-4-9(7(2)15-8)16-5-10(11,12)13/h3-4,6H,5,14H2,1-2H3. The van der Waals surface area contributed by atoms with Crippen LogP contribution in [0.15, 0.2) is 12.1 Å². The van der Waals surface area contributed by atoms with Crippen LogP contribution >= 0.6 is 0 Å². The monoisotopic (exact) mass is 234 g/mol. The van der Waals surface area contributed by atoms with E-state index in [1.807, 2.05) is 0 Å².